The number of halogens is 1. The van der Waals surface area contributed by atoms with Crippen molar-refractivity contribution in [2.45, 2.75) is 20.5 Å². The van der Waals surface area contributed by atoms with Crippen molar-refractivity contribution in [2.75, 3.05) is 0 Å². The first kappa shape index (κ1) is 24.4. The normalized spacial score (nSPS) is 10.9. The van der Waals surface area contributed by atoms with Crippen LogP contribution in [0, 0.1) is 19.7 Å². The zero-order valence-corrected chi connectivity index (χ0v) is 21.8. The number of carbonyl (C=O) groups is 1. The number of benzene rings is 3. The number of thiophene rings is 1. The Balaban J connectivity index is 0.00000274. The van der Waals surface area contributed by atoms with Crippen molar-refractivity contribution >= 4 is 38.3 Å². The fraction of sp³-hybridized carbons (Fsp3) is 0.111. The van der Waals surface area contributed by atoms with E-state index < -0.39 is 5.97 Å². The Kier molecular flexibility index (Phi) is 7.05. The van der Waals surface area contributed by atoms with Gasteiger partial charge in [0, 0.05) is 15.8 Å². The van der Waals surface area contributed by atoms with Crippen molar-refractivity contribution < 1.29 is 48.6 Å². The topological polar surface area (TPSA) is 62.2 Å². The van der Waals surface area contributed by atoms with Gasteiger partial charge in [0.25, 0.3) is 0 Å². The molecule has 0 saturated heterocycles. The van der Waals surface area contributed by atoms with Crippen LogP contribution in [-0.2, 0) is 6.61 Å². The molecule has 0 unspecified atom stereocenters. The van der Waals surface area contributed by atoms with Gasteiger partial charge >= 0.3 is 29.6 Å². The van der Waals surface area contributed by atoms with Gasteiger partial charge in [-0.1, -0.05) is 42.5 Å². The average Bonchev–Trinajstić information content (AvgIpc) is 3.15. The minimum absolute atomic E-state index is 0. The molecule has 0 radical (unpaired) electrons. The summed E-state index contributed by atoms with van der Waals surface area (Å²) in [6, 6.07) is 19.4. The van der Waals surface area contributed by atoms with Crippen LogP contribution >= 0.6 is 11.3 Å². The maximum absolute atomic E-state index is 14.0. The van der Waals surface area contributed by atoms with Crippen LogP contribution in [0.25, 0.3) is 31.6 Å². The van der Waals surface area contributed by atoms with Crippen LogP contribution in [0.15, 0.2) is 66.7 Å². The molecule has 0 aliphatic carbocycles. The van der Waals surface area contributed by atoms with Gasteiger partial charge in [0.15, 0.2) is 0 Å². The van der Waals surface area contributed by atoms with E-state index in [1.807, 2.05) is 44.2 Å². The second kappa shape index (κ2) is 9.84. The van der Waals surface area contributed by atoms with E-state index in [9.17, 15) is 14.3 Å². The van der Waals surface area contributed by atoms with Crippen LogP contribution in [-0.4, -0.2) is 11.0 Å². The second-order valence-electron chi connectivity index (χ2n) is 7.88. The van der Waals surface area contributed by atoms with Crippen LogP contribution < -0.4 is 39.4 Å². The number of hydrogen-bond acceptors (Lipinski definition) is 5. The second-order valence-corrected chi connectivity index (χ2v) is 8.93. The molecule has 34 heavy (non-hydrogen) atoms. The Morgan fingerprint density at radius 2 is 1.79 bits per heavy atom. The predicted octanol–water partition coefficient (Wildman–Crippen LogP) is 2.82. The van der Waals surface area contributed by atoms with Gasteiger partial charge in [0.2, 0.25) is 0 Å². The van der Waals surface area contributed by atoms with E-state index in [1.165, 1.54) is 6.07 Å². The first-order valence-electron chi connectivity index (χ1n) is 10.4. The molecule has 5 rings (SSSR count). The fourth-order valence-corrected chi connectivity index (χ4v) is 5.20. The SMILES string of the molecule is Cc1c(-c2cc(C(=O)[O-])c3c(OCc4ccccc4F)ccc(C)c3n2)sc2ccccc12.[Na+]. The maximum Gasteiger partial charge on any atom is 1.00 e. The Morgan fingerprint density at radius 1 is 1.06 bits per heavy atom. The predicted molar refractivity (Wildman–Crippen MR) is 127 cm³/mol. The molecule has 0 aliphatic rings. The number of nitrogens with zero attached hydrogens (tertiary/aromatic N) is 1. The molecule has 2 heterocycles. The van der Waals surface area contributed by atoms with E-state index >= 15 is 0 Å². The van der Waals surface area contributed by atoms with E-state index in [4.69, 9.17) is 9.72 Å². The molecule has 7 heteroatoms. The number of aromatic nitrogens is 1. The van der Waals surface area contributed by atoms with Gasteiger partial charge in [0.05, 0.1) is 27.4 Å². The van der Waals surface area contributed by atoms with E-state index in [1.54, 1.807) is 41.7 Å². The third kappa shape index (κ3) is 4.34. The molecule has 0 aliphatic heterocycles. The molecular formula is C27H19FNNaO3S. The largest absolute Gasteiger partial charge is 1.00 e. The van der Waals surface area contributed by atoms with Gasteiger partial charge in [0.1, 0.15) is 18.2 Å². The van der Waals surface area contributed by atoms with E-state index in [2.05, 4.69) is 0 Å². The first-order chi connectivity index (χ1) is 15.9. The van der Waals surface area contributed by atoms with E-state index in [0.29, 0.717) is 27.9 Å². The summed E-state index contributed by atoms with van der Waals surface area (Å²) in [4.78, 5) is 18.0. The van der Waals surface area contributed by atoms with Crippen molar-refractivity contribution in [2.24, 2.45) is 0 Å². The van der Waals surface area contributed by atoms with E-state index in [0.717, 1.165) is 26.1 Å². The summed E-state index contributed by atoms with van der Waals surface area (Å²) in [5.41, 5.74) is 3.35. The van der Waals surface area contributed by atoms with Crippen LogP contribution in [0.1, 0.15) is 27.0 Å². The number of carbonyl (C=O) groups excluding carboxylic acids is 1. The molecule has 0 amide bonds. The van der Waals surface area contributed by atoms with E-state index in [-0.39, 0.29) is 47.5 Å². The molecule has 3 aromatic carbocycles. The monoisotopic (exact) mass is 479 g/mol. The summed E-state index contributed by atoms with van der Waals surface area (Å²) in [5.74, 6) is -1.37. The summed E-state index contributed by atoms with van der Waals surface area (Å²) in [6.07, 6.45) is 0. The molecule has 0 bridgehead atoms. The molecule has 0 atom stereocenters. The fourth-order valence-electron chi connectivity index (χ4n) is 4.03. The molecule has 0 saturated carbocycles. The average molecular weight is 480 g/mol. The Bertz CT molecular complexity index is 1550. The first-order valence-corrected chi connectivity index (χ1v) is 11.3. The van der Waals surface area contributed by atoms with Gasteiger partial charge in [-0.05, 0) is 54.6 Å². The number of carboxylic acids is 1. The standard InChI is InChI=1S/C27H20FNO3S.Na/c1-15-11-12-22(32-14-17-7-3-5-9-20(17)28)24-19(27(30)31)13-21(29-25(15)24)26-16(2)18-8-4-6-10-23(18)33-26;/h3-13H,14H2,1-2H3,(H,30,31);/q;+1/p-1. The van der Waals surface area contributed by atoms with Gasteiger partial charge in [-0.2, -0.15) is 0 Å². The van der Waals surface area contributed by atoms with Crippen LogP contribution in [0.2, 0.25) is 0 Å². The molecular weight excluding hydrogens is 460 g/mol. The van der Waals surface area contributed by atoms with Crippen molar-refractivity contribution in [1.29, 1.82) is 0 Å². The minimum atomic E-state index is -1.32. The molecule has 2 aromatic heterocycles. The van der Waals surface area contributed by atoms with Crippen molar-refractivity contribution in [3.63, 3.8) is 0 Å². The Labute approximate surface area is 222 Å². The minimum Gasteiger partial charge on any atom is -0.545 e. The summed E-state index contributed by atoms with van der Waals surface area (Å²) >= 11 is 1.58. The summed E-state index contributed by atoms with van der Waals surface area (Å²) < 4.78 is 21.0. The maximum atomic E-state index is 14.0. The summed E-state index contributed by atoms with van der Waals surface area (Å²) in [5, 5.41) is 13.7. The van der Waals surface area contributed by atoms with Gasteiger partial charge in [-0.3, -0.25) is 0 Å². The quantitative estimate of drug-likeness (QED) is 0.364. The Morgan fingerprint density at radius 3 is 2.53 bits per heavy atom. The van der Waals surface area contributed by atoms with Crippen molar-refractivity contribution in [3.05, 3.63) is 94.8 Å². The van der Waals surface area contributed by atoms with Gasteiger partial charge in [-0.15, -0.1) is 11.3 Å². The number of rotatable bonds is 5. The van der Waals surface area contributed by atoms with Gasteiger partial charge < -0.3 is 14.6 Å². The molecule has 164 valence electrons. The molecule has 0 N–H and O–H groups in total. The van der Waals surface area contributed by atoms with Crippen molar-refractivity contribution in [1.82, 2.24) is 4.98 Å². The number of pyridine rings is 1. The van der Waals surface area contributed by atoms with Crippen LogP contribution in [0.4, 0.5) is 4.39 Å². The van der Waals surface area contributed by atoms with Crippen molar-refractivity contribution in [3.8, 4) is 16.3 Å². The number of fused-ring (bicyclic) bond motifs is 2. The molecule has 0 fully saturated rings. The number of hydrogen-bond donors (Lipinski definition) is 0. The summed E-state index contributed by atoms with van der Waals surface area (Å²) in [7, 11) is 0. The third-order valence-corrected chi connectivity index (χ3v) is 7.06. The number of carboxylic acid groups (broad SMARTS) is 1. The smallest absolute Gasteiger partial charge is 0.545 e. The third-order valence-electron chi connectivity index (χ3n) is 5.76. The van der Waals surface area contributed by atoms with Crippen LogP contribution in [0.3, 0.4) is 0 Å². The molecule has 5 aromatic rings. The Hall–Kier alpha value is -2.77. The number of aromatic carboxylic acids is 1. The zero-order chi connectivity index (χ0) is 23.1. The zero-order valence-electron chi connectivity index (χ0n) is 19.0. The molecule has 0 spiro atoms. The molecule has 4 nitrogen and oxygen atoms in total. The number of aryl methyl sites for hydroxylation is 2. The summed E-state index contributed by atoms with van der Waals surface area (Å²) in [6.45, 7) is 3.85. The van der Waals surface area contributed by atoms with Gasteiger partial charge in [-0.25, -0.2) is 9.37 Å². The van der Waals surface area contributed by atoms with Crippen LogP contribution in [0.5, 0.6) is 5.75 Å². The number of ether oxygens (including phenoxy) is 1.